The monoisotopic (exact) mass is 476 g/mol. The summed E-state index contributed by atoms with van der Waals surface area (Å²) >= 11 is 0.938. The van der Waals surface area contributed by atoms with E-state index in [-0.39, 0.29) is 15.8 Å². The quantitative estimate of drug-likeness (QED) is 0.596. The Labute approximate surface area is 182 Å². The number of pyridine rings is 1. The van der Waals surface area contributed by atoms with Crippen LogP contribution in [0, 0.1) is 6.92 Å². The molecule has 0 aromatic carbocycles. The summed E-state index contributed by atoms with van der Waals surface area (Å²) in [5.41, 5.74) is -1.70. The molecule has 0 aliphatic heterocycles. The number of nitrogens with one attached hydrogen (secondary N) is 1. The van der Waals surface area contributed by atoms with Gasteiger partial charge >= 0.3 is 12.2 Å². The van der Waals surface area contributed by atoms with Crippen molar-refractivity contribution >= 4 is 33.0 Å². The summed E-state index contributed by atoms with van der Waals surface area (Å²) in [6.07, 6.45) is -3.83. The lowest BCUT2D eigenvalue weighted by molar-refractivity contribution is -0.137. The topological polar surface area (TPSA) is 118 Å². The van der Waals surface area contributed by atoms with Crippen molar-refractivity contribution in [3.8, 4) is 0 Å². The first kappa shape index (κ1) is 23.6. The van der Waals surface area contributed by atoms with Crippen LogP contribution in [-0.2, 0) is 28.1 Å². The number of nitrogens with zero attached hydrogens (tertiary/aromatic N) is 2. The molecule has 4 N–H and O–H groups in total. The summed E-state index contributed by atoms with van der Waals surface area (Å²) in [6, 6.07) is 0.115. The second-order valence-electron chi connectivity index (χ2n) is 8.05. The summed E-state index contributed by atoms with van der Waals surface area (Å²) < 4.78 is 57.5. The highest BCUT2D eigenvalue weighted by Crippen LogP contribution is 2.44. The number of nitrogens with two attached hydrogens (primary N) is 1. The highest BCUT2D eigenvalue weighted by Gasteiger charge is 2.40. The molecule has 1 unspecified atom stereocenters. The van der Waals surface area contributed by atoms with Gasteiger partial charge in [0.1, 0.15) is 9.77 Å². The molecule has 2 aromatic heterocycles. The fraction of sp³-hybridized carbons (Fsp3) is 0.474. The number of fused-ring (bicyclic) bond motifs is 1. The van der Waals surface area contributed by atoms with E-state index in [0.717, 1.165) is 11.3 Å². The van der Waals surface area contributed by atoms with Crippen molar-refractivity contribution in [1.29, 1.82) is 0 Å². The molecule has 170 valence electrons. The number of alkyl halides is 3. The van der Waals surface area contributed by atoms with Gasteiger partial charge in [-0.3, -0.25) is 4.98 Å². The Hall–Kier alpha value is -2.02. The van der Waals surface area contributed by atoms with E-state index in [1.54, 1.807) is 0 Å². The normalized spacial score (nSPS) is 18.4. The van der Waals surface area contributed by atoms with Crippen molar-refractivity contribution in [2.24, 2.45) is 9.50 Å². The summed E-state index contributed by atoms with van der Waals surface area (Å²) in [5, 5.41) is 19.5. The van der Waals surface area contributed by atoms with E-state index in [1.165, 1.54) is 32.2 Å². The van der Waals surface area contributed by atoms with Crippen LogP contribution in [0.15, 0.2) is 20.0 Å². The number of aromatic nitrogens is 1. The Bertz CT molecular complexity index is 1160. The summed E-state index contributed by atoms with van der Waals surface area (Å²) in [6.45, 7) is 6.13. The van der Waals surface area contributed by atoms with Crippen LogP contribution in [0.3, 0.4) is 0 Å². The fourth-order valence-corrected chi connectivity index (χ4v) is 5.78. The van der Waals surface area contributed by atoms with Gasteiger partial charge in [-0.1, -0.05) is 6.92 Å². The highest BCUT2D eigenvalue weighted by molar-refractivity contribution is 7.93. The number of thiophene rings is 1. The van der Waals surface area contributed by atoms with Crippen molar-refractivity contribution in [3.05, 3.63) is 39.5 Å². The smallest absolute Gasteiger partial charge is 0.386 e. The van der Waals surface area contributed by atoms with Crippen LogP contribution in [0.1, 0.15) is 61.2 Å². The first-order valence-corrected chi connectivity index (χ1v) is 11.8. The molecule has 31 heavy (non-hydrogen) atoms. The third-order valence-electron chi connectivity index (χ3n) is 5.11. The number of anilines is 1. The SMILES string of the molecule is Cc1nc2c(c(NC(=O)N=[S@@](N)(=O)c3cc(C(C)(C)O)cs3)c1C(F)(F)F)CCC2C. The molecule has 12 heteroatoms. The van der Waals surface area contributed by atoms with E-state index in [2.05, 4.69) is 14.7 Å². The van der Waals surface area contributed by atoms with Crippen molar-refractivity contribution in [1.82, 2.24) is 4.98 Å². The number of rotatable bonds is 3. The first-order valence-electron chi connectivity index (χ1n) is 9.39. The van der Waals surface area contributed by atoms with E-state index >= 15 is 0 Å². The van der Waals surface area contributed by atoms with Crippen LogP contribution in [0.5, 0.6) is 0 Å². The van der Waals surface area contributed by atoms with E-state index < -0.39 is 39.0 Å². The molecule has 0 bridgehead atoms. The second-order valence-corrected chi connectivity index (χ2v) is 11.0. The molecule has 0 radical (unpaired) electrons. The molecular weight excluding hydrogens is 453 g/mol. The fourth-order valence-electron chi connectivity index (χ4n) is 3.50. The number of urea groups is 1. The van der Waals surface area contributed by atoms with Crippen LogP contribution < -0.4 is 10.5 Å². The molecule has 2 amide bonds. The number of aryl methyl sites for hydroxylation is 1. The minimum absolute atomic E-state index is 0.0283. The predicted octanol–water partition coefficient (Wildman–Crippen LogP) is 4.68. The first-order chi connectivity index (χ1) is 14.1. The lowest BCUT2D eigenvalue weighted by Crippen LogP contribution is -2.21. The van der Waals surface area contributed by atoms with Gasteiger partial charge in [0.05, 0.1) is 17.0 Å². The molecule has 2 atom stereocenters. The number of hydrogen-bond acceptors (Lipinski definition) is 5. The van der Waals surface area contributed by atoms with Crippen LogP contribution in [-0.4, -0.2) is 20.3 Å². The molecule has 0 saturated heterocycles. The summed E-state index contributed by atoms with van der Waals surface area (Å²) in [4.78, 5) is 16.6. The number of carbonyl (C=O) groups is 1. The Morgan fingerprint density at radius 3 is 2.61 bits per heavy atom. The Morgan fingerprint density at radius 2 is 2.06 bits per heavy atom. The highest BCUT2D eigenvalue weighted by atomic mass is 32.2. The maximum Gasteiger partial charge on any atom is 0.420 e. The van der Waals surface area contributed by atoms with Crippen molar-refractivity contribution in [2.75, 3.05) is 5.32 Å². The lowest BCUT2D eigenvalue weighted by atomic mass is 10.0. The van der Waals surface area contributed by atoms with Gasteiger partial charge in [-0.05, 0) is 62.1 Å². The number of carbonyl (C=O) groups excluding carboxylic acids is 1. The van der Waals surface area contributed by atoms with E-state index in [4.69, 9.17) is 5.14 Å². The summed E-state index contributed by atoms with van der Waals surface area (Å²) in [7, 11) is -3.73. The van der Waals surface area contributed by atoms with Gasteiger partial charge in [-0.2, -0.15) is 13.2 Å². The van der Waals surface area contributed by atoms with Crippen molar-refractivity contribution < 1.29 is 27.3 Å². The molecule has 3 rings (SSSR count). The van der Waals surface area contributed by atoms with Crippen molar-refractivity contribution in [3.63, 3.8) is 0 Å². The van der Waals surface area contributed by atoms with E-state index in [0.29, 0.717) is 29.7 Å². The minimum atomic E-state index is -4.75. The molecule has 7 nitrogen and oxygen atoms in total. The zero-order valence-electron chi connectivity index (χ0n) is 17.3. The lowest BCUT2D eigenvalue weighted by Gasteiger charge is -2.19. The molecule has 2 heterocycles. The average molecular weight is 477 g/mol. The molecule has 1 aliphatic rings. The van der Waals surface area contributed by atoms with Gasteiger partial charge in [-0.25, -0.2) is 14.1 Å². The predicted molar refractivity (Wildman–Crippen MR) is 112 cm³/mol. The number of halogens is 3. The summed E-state index contributed by atoms with van der Waals surface area (Å²) in [5.74, 6) is -0.0475. The van der Waals surface area contributed by atoms with E-state index in [1.807, 2.05) is 6.92 Å². The number of aliphatic hydroxyl groups is 1. The third-order valence-corrected chi connectivity index (χ3v) is 7.97. The molecule has 0 fully saturated rings. The maximum absolute atomic E-state index is 13.7. The zero-order chi connectivity index (χ0) is 23.4. The van der Waals surface area contributed by atoms with Gasteiger partial charge in [0.2, 0.25) is 0 Å². The minimum Gasteiger partial charge on any atom is -0.386 e. The van der Waals surface area contributed by atoms with Gasteiger partial charge in [0.25, 0.3) is 0 Å². The maximum atomic E-state index is 13.7. The van der Waals surface area contributed by atoms with Gasteiger partial charge in [-0.15, -0.1) is 15.7 Å². The van der Waals surface area contributed by atoms with Gasteiger partial charge < -0.3 is 10.4 Å². The average Bonchev–Trinajstić information content (AvgIpc) is 3.21. The molecule has 2 aromatic rings. The largest absolute Gasteiger partial charge is 0.420 e. The molecule has 1 aliphatic carbocycles. The Morgan fingerprint density at radius 1 is 1.42 bits per heavy atom. The zero-order valence-corrected chi connectivity index (χ0v) is 19.0. The Balaban J connectivity index is 2.03. The van der Waals surface area contributed by atoms with Crippen LogP contribution in [0.25, 0.3) is 0 Å². The molecule has 0 spiro atoms. The number of amides is 2. The second kappa shape index (κ2) is 7.84. The van der Waals surface area contributed by atoms with Crippen LogP contribution in [0.4, 0.5) is 23.7 Å². The Kier molecular flexibility index (Phi) is 5.98. The van der Waals surface area contributed by atoms with Gasteiger partial charge in [0.15, 0.2) is 9.92 Å². The molecular formula is C19H23F3N4O3S2. The van der Waals surface area contributed by atoms with Gasteiger partial charge in [0, 0.05) is 5.69 Å². The van der Waals surface area contributed by atoms with Crippen LogP contribution in [0.2, 0.25) is 0 Å². The van der Waals surface area contributed by atoms with E-state index in [9.17, 15) is 27.3 Å². The molecule has 0 saturated carbocycles. The van der Waals surface area contributed by atoms with Crippen LogP contribution >= 0.6 is 11.3 Å². The number of hydrogen-bond donors (Lipinski definition) is 3. The van der Waals surface area contributed by atoms with Crippen molar-refractivity contribution in [2.45, 2.75) is 62.4 Å². The third kappa shape index (κ3) is 4.76. The standard InChI is InChI=1S/C19H23F3N4O3S2/c1-9-5-6-12-15(9)24-10(2)14(19(20,21)22)16(12)25-17(27)26-31(23,29)13-7-11(8-30-13)18(3,4)28/h7-9,28H,5-6H2,1-4H3,(H3,23,24,25,26,27,29)/t9?,31-/m1/s1.